The van der Waals surface area contributed by atoms with Crippen molar-refractivity contribution in [2.75, 3.05) is 53.0 Å². The summed E-state index contributed by atoms with van der Waals surface area (Å²) in [5.41, 5.74) is 0.970. The average Bonchev–Trinajstić information content (AvgIpc) is 2.78. The SMILES string of the molecule is CCCCCCN(CCN1CCOCC1)C(=O)CCc1ccc(S(=O)(=O)NC)cc1. The quantitative estimate of drug-likeness (QED) is 0.477. The van der Waals surface area contributed by atoms with E-state index in [0.717, 1.165) is 64.3 Å². The maximum atomic E-state index is 12.9. The summed E-state index contributed by atoms with van der Waals surface area (Å²) >= 11 is 0. The van der Waals surface area contributed by atoms with Gasteiger partial charge in [-0.1, -0.05) is 38.3 Å². The number of unbranched alkanes of at least 4 members (excludes halogenated alkanes) is 3. The Hall–Kier alpha value is -1.48. The van der Waals surface area contributed by atoms with Crippen LogP contribution >= 0.6 is 0 Å². The van der Waals surface area contributed by atoms with Crippen LogP contribution in [0.1, 0.15) is 44.6 Å². The topological polar surface area (TPSA) is 79.0 Å². The van der Waals surface area contributed by atoms with Gasteiger partial charge in [-0.15, -0.1) is 0 Å². The molecular formula is C22H37N3O4S. The molecule has 2 rings (SSSR count). The van der Waals surface area contributed by atoms with E-state index in [0.29, 0.717) is 12.8 Å². The summed E-state index contributed by atoms with van der Waals surface area (Å²) < 4.78 is 31.4. The van der Waals surface area contributed by atoms with Crippen LogP contribution in [0.25, 0.3) is 0 Å². The lowest BCUT2D eigenvalue weighted by atomic mass is 10.1. The number of carbonyl (C=O) groups is 1. The van der Waals surface area contributed by atoms with E-state index in [2.05, 4.69) is 16.5 Å². The smallest absolute Gasteiger partial charge is 0.240 e. The summed E-state index contributed by atoms with van der Waals surface area (Å²) in [5.74, 6) is 0.173. The highest BCUT2D eigenvalue weighted by Crippen LogP contribution is 2.13. The number of nitrogens with one attached hydrogen (secondary N) is 1. The number of hydrogen-bond acceptors (Lipinski definition) is 5. The fourth-order valence-corrected chi connectivity index (χ4v) is 4.27. The zero-order chi connectivity index (χ0) is 21.8. The van der Waals surface area contributed by atoms with Crippen LogP contribution in [0.4, 0.5) is 0 Å². The molecular weight excluding hydrogens is 402 g/mol. The first-order valence-corrected chi connectivity index (χ1v) is 12.5. The molecule has 0 saturated carbocycles. The third kappa shape index (κ3) is 8.34. The first-order chi connectivity index (χ1) is 14.5. The van der Waals surface area contributed by atoms with Gasteiger partial charge in [0.15, 0.2) is 0 Å². The minimum absolute atomic E-state index is 0.173. The Balaban J connectivity index is 1.88. The van der Waals surface area contributed by atoms with Crippen molar-refractivity contribution in [1.82, 2.24) is 14.5 Å². The number of hydrogen-bond donors (Lipinski definition) is 1. The van der Waals surface area contributed by atoms with Gasteiger partial charge in [0.2, 0.25) is 15.9 Å². The maximum Gasteiger partial charge on any atom is 0.240 e. The Morgan fingerprint density at radius 3 is 2.43 bits per heavy atom. The second-order valence-corrected chi connectivity index (χ2v) is 9.63. The molecule has 1 saturated heterocycles. The standard InChI is InChI=1S/C22H37N3O4S/c1-3-4-5-6-13-25(15-14-24-16-18-29-19-17-24)22(26)12-9-20-7-10-21(11-8-20)30(27,28)23-2/h7-8,10-11,23H,3-6,9,12-19H2,1-2H3. The number of sulfonamides is 1. The van der Waals surface area contributed by atoms with Crippen molar-refractivity contribution in [1.29, 1.82) is 0 Å². The summed E-state index contributed by atoms with van der Waals surface area (Å²) in [5, 5.41) is 0. The maximum absolute atomic E-state index is 12.9. The number of amides is 1. The third-order valence-corrected chi connectivity index (χ3v) is 6.98. The molecule has 1 amide bonds. The van der Waals surface area contributed by atoms with Gasteiger partial charge in [-0.25, -0.2) is 13.1 Å². The lowest BCUT2D eigenvalue weighted by Gasteiger charge is -2.30. The summed E-state index contributed by atoms with van der Waals surface area (Å²) in [6, 6.07) is 6.76. The highest BCUT2D eigenvalue weighted by molar-refractivity contribution is 7.89. The predicted octanol–water partition coefficient (Wildman–Crippen LogP) is 2.27. The van der Waals surface area contributed by atoms with Crippen LogP contribution in [-0.2, 0) is 26.0 Å². The molecule has 30 heavy (non-hydrogen) atoms. The van der Waals surface area contributed by atoms with E-state index in [1.54, 1.807) is 24.3 Å². The number of carbonyl (C=O) groups excluding carboxylic acids is 1. The van der Waals surface area contributed by atoms with Crippen LogP contribution in [0.15, 0.2) is 29.2 Å². The van der Waals surface area contributed by atoms with Gasteiger partial charge in [-0.2, -0.15) is 0 Å². The highest BCUT2D eigenvalue weighted by Gasteiger charge is 2.17. The van der Waals surface area contributed by atoms with E-state index in [-0.39, 0.29) is 10.8 Å². The van der Waals surface area contributed by atoms with E-state index in [9.17, 15) is 13.2 Å². The van der Waals surface area contributed by atoms with Gasteiger partial charge in [0.1, 0.15) is 0 Å². The largest absolute Gasteiger partial charge is 0.379 e. The van der Waals surface area contributed by atoms with Gasteiger partial charge in [-0.05, 0) is 37.6 Å². The molecule has 1 aliphatic rings. The fraction of sp³-hybridized carbons (Fsp3) is 0.682. The Kier molecular flexibility index (Phi) is 10.8. The van der Waals surface area contributed by atoms with Crippen LogP contribution < -0.4 is 4.72 Å². The molecule has 8 heteroatoms. The van der Waals surface area contributed by atoms with Crippen molar-refractivity contribution in [3.05, 3.63) is 29.8 Å². The summed E-state index contributed by atoms with van der Waals surface area (Å²) in [6.07, 6.45) is 5.63. The van der Waals surface area contributed by atoms with Gasteiger partial charge in [0, 0.05) is 39.1 Å². The molecule has 0 aromatic heterocycles. The zero-order valence-electron chi connectivity index (χ0n) is 18.4. The Morgan fingerprint density at radius 2 is 1.80 bits per heavy atom. The summed E-state index contributed by atoms with van der Waals surface area (Å²) in [7, 11) is -2.03. The van der Waals surface area contributed by atoms with Crippen LogP contribution in [0.5, 0.6) is 0 Å². The minimum atomic E-state index is -3.43. The van der Waals surface area contributed by atoms with Crippen molar-refractivity contribution in [2.24, 2.45) is 0 Å². The molecule has 1 aromatic carbocycles. The molecule has 0 unspecified atom stereocenters. The van der Waals surface area contributed by atoms with Crippen LogP contribution in [0, 0.1) is 0 Å². The molecule has 0 radical (unpaired) electrons. The minimum Gasteiger partial charge on any atom is -0.379 e. The number of morpholine rings is 1. The van der Waals surface area contributed by atoms with Gasteiger partial charge in [0.25, 0.3) is 0 Å². The van der Waals surface area contributed by atoms with Gasteiger partial charge >= 0.3 is 0 Å². The molecule has 1 aromatic rings. The second-order valence-electron chi connectivity index (χ2n) is 7.75. The van der Waals surface area contributed by atoms with Gasteiger partial charge in [0.05, 0.1) is 18.1 Å². The molecule has 1 aliphatic heterocycles. The highest BCUT2D eigenvalue weighted by atomic mass is 32.2. The number of ether oxygens (including phenoxy) is 1. The van der Waals surface area contributed by atoms with Crippen molar-refractivity contribution in [3.8, 4) is 0 Å². The number of nitrogens with zero attached hydrogens (tertiary/aromatic N) is 2. The number of aryl methyl sites for hydroxylation is 1. The Morgan fingerprint density at radius 1 is 1.10 bits per heavy atom. The first kappa shape index (κ1) is 24.8. The third-order valence-electron chi connectivity index (χ3n) is 5.55. The van der Waals surface area contributed by atoms with Crippen molar-refractivity contribution >= 4 is 15.9 Å². The molecule has 1 fully saturated rings. The first-order valence-electron chi connectivity index (χ1n) is 11.1. The molecule has 0 aliphatic carbocycles. The molecule has 170 valence electrons. The lowest BCUT2D eigenvalue weighted by Crippen LogP contribution is -2.43. The normalized spacial score (nSPS) is 15.3. The van der Waals surface area contributed by atoms with Gasteiger partial charge < -0.3 is 9.64 Å². The fourth-order valence-electron chi connectivity index (χ4n) is 3.54. The van der Waals surface area contributed by atoms with Crippen molar-refractivity contribution < 1.29 is 17.9 Å². The van der Waals surface area contributed by atoms with E-state index in [1.807, 2.05) is 4.90 Å². The van der Waals surface area contributed by atoms with Crippen LogP contribution in [0.3, 0.4) is 0 Å². The van der Waals surface area contributed by atoms with E-state index >= 15 is 0 Å². The Bertz CT molecular complexity index is 731. The summed E-state index contributed by atoms with van der Waals surface area (Å²) in [4.78, 5) is 17.5. The summed E-state index contributed by atoms with van der Waals surface area (Å²) in [6.45, 7) is 8.04. The Labute approximate surface area is 181 Å². The van der Waals surface area contributed by atoms with Crippen LogP contribution in [0.2, 0.25) is 0 Å². The van der Waals surface area contributed by atoms with Gasteiger partial charge in [-0.3, -0.25) is 9.69 Å². The zero-order valence-corrected chi connectivity index (χ0v) is 19.3. The van der Waals surface area contributed by atoms with Crippen molar-refractivity contribution in [3.63, 3.8) is 0 Å². The molecule has 0 bridgehead atoms. The average molecular weight is 440 g/mol. The number of rotatable bonds is 13. The molecule has 1 heterocycles. The van der Waals surface area contributed by atoms with Crippen molar-refractivity contribution in [2.45, 2.75) is 50.3 Å². The lowest BCUT2D eigenvalue weighted by molar-refractivity contribution is -0.131. The monoisotopic (exact) mass is 439 g/mol. The molecule has 1 N–H and O–H groups in total. The number of benzene rings is 1. The molecule has 0 atom stereocenters. The van der Waals surface area contributed by atoms with E-state index in [1.165, 1.54) is 19.9 Å². The molecule has 0 spiro atoms. The predicted molar refractivity (Wildman–Crippen MR) is 119 cm³/mol. The second kappa shape index (κ2) is 13.0. The van der Waals surface area contributed by atoms with E-state index < -0.39 is 10.0 Å². The van der Waals surface area contributed by atoms with Crippen LogP contribution in [-0.4, -0.2) is 77.1 Å². The molecule has 7 nitrogen and oxygen atoms in total. The van der Waals surface area contributed by atoms with E-state index in [4.69, 9.17) is 4.74 Å².